The Morgan fingerprint density at radius 3 is 2.16 bits per heavy atom. The topological polar surface area (TPSA) is 57.7 Å². The molecule has 1 saturated heterocycles. The van der Waals surface area contributed by atoms with Crippen LogP contribution in [0.2, 0.25) is 0 Å². The average Bonchev–Trinajstić information content (AvgIpc) is 2.79. The SMILES string of the molecule is CC(C)N(C(=O)C1CCN(S(=O)(=O)c2ccc3ccccc3c2)CC1)c1ccccc1. The molecular weight excluding hydrogens is 408 g/mol. The van der Waals surface area contributed by atoms with Gasteiger partial charge in [-0.2, -0.15) is 4.31 Å². The van der Waals surface area contributed by atoms with Crippen LogP contribution in [0.15, 0.2) is 77.7 Å². The van der Waals surface area contributed by atoms with E-state index >= 15 is 0 Å². The molecule has 1 fully saturated rings. The minimum absolute atomic E-state index is 0.0364. The summed E-state index contributed by atoms with van der Waals surface area (Å²) in [6.07, 6.45) is 1.06. The molecule has 0 aromatic heterocycles. The van der Waals surface area contributed by atoms with Crippen LogP contribution < -0.4 is 4.90 Å². The highest BCUT2D eigenvalue weighted by atomic mass is 32.2. The zero-order valence-electron chi connectivity index (χ0n) is 17.9. The summed E-state index contributed by atoms with van der Waals surface area (Å²) in [5, 5.41) is 1.92. The van der Waals surface area contributed by atoms with Gasteiger partial charge in [0.2, 0.25) is 15.9 Å². The van der Waals surface area contributed by atoms with Crippen LogP contribution in [-0.2, 0) is 14.8 Å². The first-order valence-corrected chi connectivity index (χ1v) is 12.2. The summed E-state index contributed by atoms with van der Waals surface area (Å²) in [5.41, 5.74) is 0.883. The quantitative estimate of drug-likeness (QED) is 0.583. The van der Waals surface area contributed by atoms with Crippen LogP contribution in [0.4, 0.5) is 5.69 Å². The van der Waals surface area contributed by atoms with Gasteiger partial charge >= 0.3 is 0 Å². The highest BCUT2D eigenvalue weighted by Crippen LogP contribution is 2.29. The lowest BCUT2D eigenvalue weighted by Gasteiger charge is -2.35. The zero-order chi connectivity index (χ0) is 22.0. The van der Waals surface area contributed by atoms with E-state index in [2.05, 4.69) is 0 Å². The van der Waals surface area contributed by atoms with E-state index < -0.39 is 10.0 Å². The van der Waals surface area contributed by atoms with Gasteiger partial charge < -0.3 is 4.90 Å². The maximum Gasteiger partial charge on any atom is 0.243 e. The summed E-state index contributed by atoms with van der Waals surface area (Å²) in [6, 6.07) is 22.7. The third-order valence-corrected chi connectivity index (χ3v) is 7.84. The fraction of sp³-hybridized carbons (Fsp3) is 0.320. The molecule has 0 aliphatic carbocycles. The first-order valence-electron chi connectivity index (χ1n) is 10.7. The van der Waals surface area contributed by atoms with Gasteiger partial charge in [-0.25, -0.2) is 8.42 Å². The van der Waals surface area contributed by atoms with Gasteiger partial charge in [0.25, 0.3) is 0 Å². The lowest BCUT2D eigenvalue weighted by atomic mass is 9.95. The van der Waals surface area contributed by atoms with Crippen molar-refractivity contribution in [3.63, 3.8) is 0 Å². The first-order chi connectivity index (χ1) is 14.9. The third-order valence-electron chi connectivity index (χ3n) is 5.95. The van der Waals surface area contributed by atoms with E-state index in [-0.39, 0.29) is 17.9 Å². The molecule has 0 radical (unpaired) electrons. The number of anilines is 1. The van der Waals surface area contributed by atoms with Crippen molar-refractivity contribution in [2.24, 2.45) is 5.92 Å². The number of hydrogen-bond donors (Lipinski definition) is 0. The van der Waals surface area contributed by atoms with Crippen molar-refractivity contribution in [2.75, 3.05) is 18.0 Å². The molecule has 31 heavy (non-hydrogen) atoms. The van der Waals surface area contributed by atoms with E-state index in [0.717, 1.165) is 16.5 Å². The number of piperidine rings is 1. The van der Waals surface area contributed by atoms with Crippen molar-refractivity contribution in [1.82, 2.24) is 4.31 Å². The summed E-state index contributed by atoms with van der Waals surface area (Å²) in [4.78, 5) is 15.4. The number of carbonyl (C=O) groups excluding carboxylic acids is 1. The summed E-state index contributed by atoms with van der Waals surface area (Å²) in [6.45, 7) is 4.72. The van der Waals surface area contributed by atoms with Gasteiger partial charge in [-0.3, -0.25) is 4.79 Å². The van der Waals surface area contributed by atoms with E-state index in [0.29, 0.717) is 30.8 Å². The number of carbonyl (C=O) groups is 1. The van der Waals surface area contributed by atoms with Gasteiger partial charge in [0.05, 0.1) is 4.90 Å². The standard InChI is InChI=1S/C25H28N2O3S/c1-19(2)27(23-10-4-3-5-11-23)25(28)21-14-16-26(17-15-21)31(29,30)24-13-12-20-8-6-7-9-22(20)18-24/h3-13,18-19,21H,14-17H2,1-2H3. The summed E-state index contributed by atoms with van der Waals surface area (Å²) in [7, 11) is -3.58. The van der Waals surface area contributed by atoms with E-state index in [9.17, 15) is 13.2 Å². The molecule has 0 saturated carbocycles. The average molecular weight is 437 g/mol. The molecule has 0 bridgehead atoms. The number of fused-ring (bicyclic) bond motifs is 1. The van der Waals surface area contributed by atoms with Crippen LogP contribution in [0.5, 0.6) is 0 Å². The summed E-state index contributed by atoms with van der Waals surface area (Å²) in [5.74, 6) is -0.102. The lowest BCUT2D eigenvalue weighted by molar-refractivity contribution is -0.123. The molecule has 0 unspecified atom stereocenters. The Bertz CT molecular complexity index is 1170. The molecular formula is C25H28N2O3S. The predicted octanol–water partition coefficient (Wildman–Crippen LogP) is 4.68. The molecule has 3 aromatic carbocycles. The largest absolute Gasteiger partial charge is 0.310 e. The minimum atomic E-state index is -3.58. The van der Waals surface area contributed by atoms with Crippen LogP contribution >= 0.6 is 0 Å². The number of para-hydroxylation sites is 1. The Balaban J connectivity index is 1.48. The molecule has 5 nitrogen and oxygen atoms in total. The number of hydrogen-bond acceptors (Lipinski definition) is 3. The minimum Gasteiger partial charge on any atom is -0.310 e. The van der Waals surface area contributed by atoms with Gasteiger partial charge in [0.1, 0.15) is 0 Å². The second-order valence-electron chi connectivity index (χ2n) is 8.32. The molecule has 6 heteroatoms. The van der Waals surface area contributed by atoms with Gasteiger partial charge in [0, 0.05) is 30.7 Å². The van der Waals surface area contributed by atoms with Crippen molar-refractivity contribution >= 4 is 32.4 Å². The number of rotatable bonds is 5. The molecule has 0 spiro atoms. The van der Waals surface area contributed by atoms with Crippen molar-refractivity contribution in [3.8, 4) is 0 Å². The first kappa shape index (κ1) is 21.5. The van der Waals surface area contributed by atoms with Gasteiger partial charge in [-0.1, -0.05) is 48.5 Å². The van der Waals surface area contributed by atoms with Crippen LogP contribution in [-0.4, -0.2) is 37.8 Å². The summed E-state index contributed by atoms with van der Waals surface area (Å²) < 4.78 is 27.9. The predicted molar refractivity (Wildman–Crippen MR) is 124 cm³/mol. The van der Waals surface area contributed by atoms with Crippen LogP contribution in [0, 0.1) is 5.92 Å². The number of sulfonamides is 1. The van der Waals surface area contributed by atoms with E-state index in [4.69, 9.17) is 0 Å². The fourth-order valence-electron chi connectivity index (χ4n) is 4.29. The van der Waals surface area contributed by atoms with Gasteiger partial charge in [-0.15, -0.1) is 0 Å². The normalized spacial score (nSPS) is 16.0. The maximum absolute atomic E-state index is 13.3. The number of benzene rings is 3. The second kappa shape index (κ2) is 8.81. The van der Waals surface area contributed by atoms with Crippen molar-refractivity contribution < 1.29 is 13.2 Å². The smallest absolute Gasteiger partial charge is 0.243 e. The summed E-state index contributed by atoms with van der Waals surface area (Å²) >= 11 is 0. The Kier molecular flexibility index (Phi) is 6.12. The van der Waals surface area contributed by atoms with Crippen molar-refractivity contribution in [3.05, 3.63) is 72.8 Å². The highest BCUT2D eigenvalue weighted by Gasteiger charge is 2.34. The molecule has 1 amide bonds. The Morgan fingerprint density at radius 2 is 1.52 bits per heavy atom. The molecule has 162 valence electrons. The highest BCUT2D eigenvalue weighted by molar-refractivity contribution is 7.89. The van der Waals surface area contributed by atoms with E-state index in [1.165, 1.54) is 4.31 Å². The molecule has 1 aliphatic heterocycles. The Morgan fingerprint density at radius 1 is 0.903 bits per heavy atom. The second-order valence-corrected chi connectivity index (χ2v) is 10.3. The molecule has 3 aromatic rings. The third kappa shape index (κ3) is 4.36. The Labute approximate surface area is 184 Å². The molecule has 0 N–H and O–H groups in total. The van der Waals surface area contributed by atoms with Crippen LogP contribution in [0.1, 0.15) is 26.7 Å². The molecule has 0 atom stereocenters. The van der Waals surface area contributed by atoms with Gasteiger partial charge in [-0.05, 0) is 61.7 Å². The molecule has 1 heterocycles. The monoisotopic (exact) mass is 436 g/mol. The van der Waals surface area contributed by atoms with Crippen molar-refractivity contribution in [2.45, 2.75) is 37.6 Å². The fourth-order valence-corrected chi connectivity index (χ4v) is 5.79. The Hall–Kier alpha value is -2.70. The lowest BCUT2D eigenvalue weighted by Crippen LogP contribution is -2.46. The number of nitrogens with zero attached hydrogens (tertiary/aromatic N) is 2. The van der Waals surface area contributed by atoms with Crippen LogP contribution in [0.25, 0.3) is 10.8 Å². The molecule has 1 aliphatic rings. The van der Waals surface area contributed by atoms with Crippen LogP contribution in [0.3, 0.4) is 0 Å². The number of amides is 1. The van der Waals surface area contributed by atoms with E-state index in [1.807, 2.05) is 79.4 Å². The maximum atomic E-state index is 13.3. The van der Waals surface area contributed by atoms with E-state index in [1.54, 1.807) is 12.1 Å². The van der Waals surface area contributed by atoms with Crippen molar-refractivity contribution in [1.29, 1.82) is 0 Å². The zero-order valence-corrected chi connectivity index (χ0v) is 18.8. The van der Waals surface area contributed by atoms with Gasteiger partial charge in [0.15, 0.2) is 0 Å². The molecule has 4 rings (SSSR count).